The maximum absolute atomic E-state index is 11.7. The lowest BCUT2D eigenvalue weighted by molar-refractivity contribution is 0.0995. The smallest absolute Gasteiger partial charge is 0.267 e. The van der Waals surface area contributed by atoms with Gasteiger partial charge in [-0.2, -0.15) is 0 Å². The van der Waals surface area contributed by atoms with Gasteiger partial charge in [-0.25, -0.2) is 9.97 Å². The molecule has 0 atom stereocenters. The van der Waals surface area contributed by atoms with E-state index in [4.69, 9.17) is 10.7 Å². The zero-order valence-corrected chi connectivity index (χ0v) is 14.9. The molecule has 0 aliphatic heterocycles. The zero-order chi connectivity index (χ0) is 17.7. The van der Waals surface area contributed by atoms with Crippen molar-refractivity contribution in [2.75, 3.05) is 18.0 Å². The number of nitrogens with zero attached hydrogens (tertiary/aromatic N) is 3. The van der Waals surface area contributed by atoms with E-state index in [1.54, 1.807) is 6.07 Å². The summed E-state index contributed by atoms with van der Waals surface area (Å²) in [5, 5.41) is 0. The summed E-state index contributed by atoms with van der Waals surface area (Å²) >= 11 is 0. The molecule has 1 aromatic carbocycles. The lowest BCUT2D eigenvalue weighted by Gasteiger charge is -2.27. The topological polar surface area (TPSA) is 72.1 Å². The Hall–Kier alpha value is -2.43. The minimum Gasteiger partial charge on any atom is -0.364 e. The second-order valence-electron chi connectivity index (χ2n) is 6.86. The molecular formula is C19H26N4O. The van der Waals surface area contributed by atoms with E-state index in [1.165, 1.54) is 0 Å². The first-order valence-corrected chi connectivity index (χ1v) is 8.36. The SMILES string of the molecule is CC(C)CN(CC(C)C)c1nc(C(N)=O)cc(-c2ccccc2)n1. The zero-order valence-electron chi connectivity index (χ0n) is 14.9. The third-order valence-corrected chi connectivity index (χ3v) is 3.49. The molecule has 24 heavy (non-hydrogen) atoms. The molecule has 2 N–H and O–H groups in total. The largest absolute Gasteiger partial charge is 0.364 e. The molecule has 0 saturated carbocycles. The van der Waals surface area contributed by atoms with Crippen LogP contribution in [-0.4, -0.2) is 29.0 Å². The lowest BCUT2D eigenvalue weighted by Crippen LogP contribution is -2.33. The number of carbonyl (C=O) groups excluding carboxylic acids is 1. The summed E-state index contributed by atoms with van der Waals surface area (Å²) in [7, 11) is 0. The summed E-state index contributed by atoms with van der Waals surface area (Å²) < 4.78 is 0. The third-order valence-electron chi connectivity index (χ3n) is 3.49. The van der Waals surface area contributed by atoms with Crippen LogP contribution in [0.5, 0.6) is 0 Å². The Bertz CT molecular complexity index is 673. The number of primary amides is 1. The molecule has 2 aromatic rings. The number of hydrogen-bond donors (Lipinski definition) is 1. The Morgan fingerprint density at radius 2 is 1.62 bits per heavy atom. The van der Waals surface area contributed by atoms with E-state index >= 15 is 0 Å². The third kappa shape index (κ3) is 4.78. The number of amides is 1. The Morgan fingerprint density at radius 3 is 2.12 bits per heavy atom. The molecule has 0 bridgehead atoms. The van der Waals surface area contributed by atoms with Gasteiger partial charge < -0.3 is 10.6 Å². The number of hydrogen-bond acceptors (Lipinski definition) is 4. The van der Waals surface area contributed by atoms with E-state index in [0.717, 1.165) is 18.7 Å². The molecule has 0 aliphatic rings. The molecule has 1 heterocycles. The average molecular weight is 326 g/mol. The molecule has 0 fully saturated rings. The standard InChI is InChI=1S/C19H26N4O/c1-13(2)11-23(12-14(3)4)19-21-16(10-17(22-19)18(20)24)15-8-6-5-7-9-15/h5-10,13-14H,11-12H2,1-4H3,(H2,20,24). The van der Waals surface area contributed by atoms with Gasteiger partial charge in [0.05, 0.1) is 5.69 Å². The molecule has 0 aliphatic carbocycles. The maximum atomic E-state index is 11.7. The Kier molecular flexibility index (Phi) is 5.90. The van der Waals surface area contributed by atoms with Gasteiger partial charge in [0.15, 0.2) is 0 Å². The first-order chi connectivity index (χ1) is 11.4. The van der Waals surface area contributed by atoms with E-state index in [9.17, 15) is 4.79 Å². The van der Waals surface area contributed by atoms with Crippen LogP contribution >= 0.6 is 0 Å². The van der Waals surface area contributed by atoms with Crippen LogP contribution in [-0.2, 0) is 0 Å². The summed E-state index contributed by atoms with van der Waals surface area (Å²) in [6.45, 7) is 10.3. The van der Waals surface area contributed by atoms with Crippen molar-refractivity contribution < 1.29 is 4.79 Å². The van der Waals surface area contributed by atoms with Crippen molar-refractivity contribution in [3.05, 3.63) is 42.1 Å². The van der Waals surface area contributed by atoms with Crippen LogP contribution in [0.15, 0.2) is 36.4 Å². The van der Waals surface area contributed by atoms with Gasteiger partial charge >= 0.3 is 0 Å². The van der Waals surface area contributed by atoms with Crippen molar-refractivity contribution in [2.45, 2.75) is 27.7 Å². The van der Waals surface area contributed by atoms with Gasteiger partial charge in [-0.15, -0.1) is 0 Å². The fourth-order valence-corrected chi connectivity index (χ4v) is 2.58. The van der Waals surface area contributed by atoms with E-state index in [0.29, 0.717) is 23.5 Å². The quantitative estimate of drug-likeness (QED) is 0.847. The minimum atomic E-state index is -0.537. The minimum absolute atomic E-state index is 0.247. The predicted molar refractivity (Wildman–Crippen MR) is 97.9 cm³/mol. The van der Waals surface area contributed by atoms with Crippen LogP contribution in [0.1, 0.15) is 38.2 Å². The molecular weight excluding hydrogens is 300 g/mol. The number of anilines is 1. The maximum Gasteiger partial charge on any atom is 0.267 e. The van der Waals surface area contributed by atoms with Gasteiger partial charge in [0.2, 0.25) is 5.95 Å². The molecule has 128 valence electrons. The van der Waals surface area contributed by atoms with Crippen LogP contribution in [0.4, 0.5) is 5.95 Å². The molecule has 1 amide bonds. The van der Waals surface area contributed by atoms with E-state index in [2.05, 4.69) is 37.6 Å². The normalized spacial score (nSPS) is 11.1. The number of carbonyl (C=O) groups is 1. The summed E-state index contributed by atoms with van der Waals surface area (Å²) in [4.78, 5) is 23.0. The number of aromatic nitrogens is 2. The fourth-order valence-electron chi connectivity index (χ4n) is 2.58. The Balaban J connectivity index is 2.50. The number of nitrogens with two attached hydrogens (primary N) is 1. The second-order valence-corrected chi connectivity index (χ2v) is 6.86. The van der Waals surface area contributed by atoms with Gasteiger partial charge in [0, 0.05) is 18.7 Å². The highest BCUT2D eigenvalue weighted by atomic mass is 16.1. The van der Waals surface area contributed by atoms with Crippen LogP contribution in [0.3, 0.4) is 0 Å². The Morgan fingerprint density at radius 1 is 1.04 bits per heavy atom. The first-order valence-electron chi connectivity index (χ1n) is 8.36. The van der Waals surface area contributed by atoms with Crippen LogP contribution in [0.25, 0.3) is 11.3 Å². The summed E-state index contributed by atoms with van der Waals surface area (Å²) in [6.07, 6.45) is 0. The second kappa shape index (κ2) is 7.90. The van der Waals surface area contributed by atoms with Crippen LogP contribution in [0, 0.1) is 11.8 Å². The highest BCUT2D eigenvalue weighted by Gasteiger charge is 2.17. The van der Waals surface area contributed by atoms with Crippen molar-refractivity contribution in [2.24, 2.45) is 17.6 Å². The van der Waals surface area contributed by atoms with Gasteiger partial charge in [0.25, 0.3) is 5.91 Å². The fraction of sp³-hybridized carbons (Fsp3) is 0.421. The monoisotopic (exact) mass is 326 g/mol. The summed E-state index contributed by atoms with van der Waals surface area (Å²) in [6, 6.07) is 11.4. The highest BCUT2D eigenvalue weighted by Crippen LogP contribution is 2.22. The molecule has 0 saturated heterocycles. The van der Waals surface area contributed by atoms with Crippen molar-refractivity contribution >= 4 is 11.9 Å². The van der Waals surface area contributed by atoms with Crippen LogP contribution in [0.2, 0.25) is 0 Å². The van der Waals surface area contributed by atoms with Gasteiger partial charge in [-0.3, -0.25) is 4.79 Å². The van der Waals surface area contributed by atoms with Gasteiger partial charge in [0.1, 0.15) is 5.69 Å². The molecule has 5 heteroatoms. The molecule has 0 radical (unpaired) electrons. The molecule has 1 aromatic heterocycles. The highest BCUT2D eigenvalue weighted by molar-refractivity contribution is 5.92. The van der Waals surface area contributed by atoms with Crippen molar-refractivity contribution in [3.63, 3.8) is 0 Å². The molecule has 2 rings (SSSR count). The lowest BCUT2D eigenvalue weighted by atomic mass is 10.1. The molecule has 5 nitrogen and oxygen atoms in total. The van der Waals surface area contributed by atoms with Crippen molar-refractivity contribution in [1.29, 1.82) is 0 Å². The number of rotatable bonds is 7. The van der Waals surface area contributed by atoms with E-state index < -0.39 is 5.91 Å². The van der Waals surface area contributed by atoms with E-state index in [1.807, 2.05) is 30.3 Å². The molecule has 0 unspecified atom stereocenters. The predicted octanol–water partition coefficient (Wildman–Crippen LogP) is 3.36. The van der Waals surface area contributed by atoms with Gasteiger partial charge in [-0.1, -0.05) is 58.0 Å². The summed E-state index contributed by atoms with van der Waals surface area (Å²) in [5.41, 5.74) is 7.39. The Labute approximate surface area is 143 Å². The van der Waals surface area contributed by atoms with Crippen molar-refractivity contribution in [1.82, 2.24) is 9.97 Å². The first kappa shape index (κ1) is 17.9. The summed E-state index contributed by atoms with van der Waals surface area (Å²) in [5.74, 6) is 0.951. The number of benzene rings is 1. The van der Waals surface area contributed by atoms with E-state index in [-0.39, 0.29) is 5.69 Å². The van der Waals surface area contributed by atoms with Gasteiger partial charge in [-0.05, 0) is 17.9 Å². The van der Waals surface area contributed by atoms with Crippen molar-refractivity contribution in [3.8, 4) is 11.3 Å². The van der Waals surface area contributed by atoms with Crippen LogP contribution < -0.4 is 10.6 Å². The average Bonchev–Trinajstić information content (AvgIpc) is 2.53. The molecule has 0 spiro atoms.